The molecule has 0 heterocycles. The summed E-state index contributed by atoms with van der Waals surface area (Å²) >= 11 is 0. The molecule has 2 rings (SSSR count). The van der Waals surface area contributed by atoms with Crippen molar-refractivity contribution < 1.29 is 13.2 Å². The van der Waals surface area contributed by atoms with Gasteiger partial charge in [-0.3, -0.25) is 4.79 Å². The third-order valence-corrected chi connectivity index (χ3v) is 5.91. The fourth-order valence-corrected chi connectivity index (χ4v) is 4.54. The van der Waals surface area contributed by atoms with Gasteiger partial charge in [0, 0.05) is 0 Å². The van der Waals surface area contributed by atoms with Crippen molar-refractivity contribution in [3.63, 3.8) is 0 Å². The van der Waals surface area contributed by atoms with E-state index in [9.17, 15) is 13.2 Å². The van der Waals surface area contributed by atoms with Crippen LogP contribution in [0, 0.1) is 5.92 Å². The second-order valence-corrected chi connectivity index (χ2v) is 8.96. The molecule has 0 saturated heterocycles. The maximum Gasteiger partial charge on any atom is 0.236 e. The Morgan fingerprint density at radius 1 is 0.960 bits per heavy atom. The van der Waals surface area contributed by atoms with E-state index in [1.54, 1.807) is 0 Å². The Morgan fingerprint density at radius 3 is 1.80 bits per heavy atom. The van der Waals surface area contributed by atoms with E-state index in [4.69, 9.17) is 0 Å². The van der Waals surface area contributed by atoms with Crippen molar-refractivity contribution in [3.8, 4) is 0 Å². The first kappa shape index (κ1) is 19.2. The van der Waals surface area contributed by atoms with Crippen molar-refractivity contribution >= 4 is 15.7 Å². The average Bonchev–Trinajstić information content (AvgIpc) is 2.54. The zero-order valence-corrected chi connectivity index (χ0v) is 15.7. The van der Waals surface area contributed by atoms with E-state index in [-0.39, 0.29) is 11.7 Å². The van der Waals surface area contributed by atoms with Crippen molar-refractivity contribution in [1.29, 1.82) is 0 Å². The highest BCUT2D eigenvalue weighted by atomic mass is 32.2. The van der Waals surface area contributed by atoms with Gasteiger partial charge in [-0.2, -0.15) is 0 Å². The molecule has 1 N–H and O–H groups in total. The maximum atomic E-state index is 12.5. The lowest BCUT2D eigenvalue weighted by Crippen LogP contribution is -2.46. The van der Waals surface area contributed by atoms with Crippen molar-refractivity contribution in [2.24, 2.45) is 5.92 Å². The molecule has 0 fully saturated rings. The van der Waals surface area contributed by atoms with Gasteiger partial charge in [0.1, 0.15) is 5.75 Å². The lowest BCUT2D eigenvalue weighted by atomic mass is 9.84. The Balaban J connectivity index is 2.31. The smallest absolute Gasteiger partial charge is 0.236 e. The van der Waals surface area contributed by atoms with Crippen LogP contribution in [-0.4, -0.2) is 25.8 Å². The van der Waals surface area contributed by atoms with E-state index >= 15 is 0 Å². The molecule has 1 amide bonds. The number of sulfone groups is 1. The van der Waals surface area contributed by atoms with Crippen LogP contribution in [0.25, 0.3) is 0 Å². The highest BCUT2D eigenvalue weighted by Gasteiger charge is 2.32. The monoisotopic (exact) mass is 359 g/mol. The van der Waals surface area contributed by atoms with Gasteiger partial charge < -0.3 is 5.32 Å². The number of carbonyl (C=O) groups excluding carboxylic acids is 1. The van der Waals surface area contributed by atoms with Crippen LogP contribution in [0.2, 0.25) is 0 Å². The molecule has 0 spiro atoms. The van der Waals surface area contributed by atoms with Crippen LogP contribution in [0.5, 0.6) is 0 Å². The Bertz CT molecular complexity index is 760. The second-order valence-electron chi connectivity index (χ2n) is 6.85. The largest absolute Gasteiger partial charge is 0.342 e. The predicted octanol–water partition coefficient (Wildman–Crippen LogP) is 3.14. The first-order valence-electron chi connectivity index (χ1n) is 8.35. The van der Waals surface area contributed by atoms with Crippen LogP contribution >= 0.6 is 0 Å². The maximum absolute atomic E-state index is 12.5. The molecule has 0 aliphatic carbocycles. The van der Waals surface area contributed by atoms with Crippen LogP contribution in [0.4, 0.5) is 0 Å². The van der Waals surface area contributed by atoms with Gasteiger partial charge in [0.05, 0.1) is 11.3 Å². The molecule has 0 bridgehead atoms. The van der Waals surface area contributed by atoms with Crippen LogP contribution < -0.4 is 5.32 Å². The number of nitrogens with one attached hydrogen (secondary N) is 1. The Morgan fingerprint density at radius 2 is 1.40 bits per heavy atom. The van der Waals surface area contributed by atoms with Gasteiger partial charge in [-0.15, -0.1) is 0 Å². The number of carbonyl (C=O) groups is 1. The molecular formula is C20H25NO3S. The summed E-state index contributed by atoms with van der Waals surface area (Å²) in [6, 6.07) is 19.1. The van der Waals surface area contributed by atoms with E-state index in [0.717, 1.165) is 11.1 Å². The van der Waals surface area contributed by atoms with E-state index in [1.165, 1.54) is 0 Å². The minimum Gasteiger partial charge on any atom is -0.342 e. The third-order valence-electron chi connectivity index (χ3n) is 4.03. The van der Waals surface area contributed by atoms with Crippen molar-refractivity contribution in [2.45, 2.75) is 26.3 Å². The number of amides is 1. The zero-order valence-electron chi connectivity index (χ0n) is 14.9. The van der Waals surface area contributed by atoms with Crippen molar-refractivity contribution in [1.82, 2.24) is 5.32 Å². The first-order chi connectivity index (χ1) is 11.7. The fourth-order valence-electron chi connectivity index (χ4n) is 2.94. The highest BCUT2D eigenvalue weighted by molar-refractivity contribution is 7.92. The number of hydrogen-bond donors (Lipinski definition) is 1. The second kappa shape index (κ2) is 7.83. The van der Waals surface area contributed by atoms with Gasteiger partial charge in [-0.25, -0.2) is 8.42 Å². The molecule has 0 aliphatic rings. The summed E-state index contributed by atoms with van der Waals surface area (Å²) in [5.74, 6) is -0.989. The summed E-state index contributed by atoms with van der Waals surface area (Å²) in [4.78, 5) is 12.5. The number of rotatable bonds is 7. The molecule has 5 heteroatoms. The highest BCUT2D eigenvalue weighted by Crippen LogP contribution is 2.29. The predicted molar refractivity (Wildman–Crippen MR) is 101 cm³/mol. The summed E-state index contributed by atoms with van der Waals surface area (Å²) in [6.45, 7) is 5.55. The molecule has 0 saturated carbocycles. The zero-order chi connectivity index (χ0) is 18.5. The molecule has 4 nitrogen and oxygen atoms in total. The van der Waals surface area contributed by atoms with Crippen LogP contribution in [0.1, 0.15) is 31.9 Å². The Labute approximate surface area is 150 Å². The van der Waals surface area contributed by atoms with E-state index in [0.29, 0.717) is 0 Å². The normalized spacial score (nSPS) is 12.2. The summed E-state index contributed by atoms with van der Waals surface area (Å²) < 4.78 is 24.3. The third kappa shape index (κ3) is 5.16. The summed E-state index contributed by atoms with van der Waals surface area (Å²) in [6.07, 6.45) is 0. The topological polar surface area (TPSA) is 63.2 Å². The van der Waals surface area contributed by atoms with Crippen molar-refractivity contribution in [3.05, 3.63) is 71.8 Å². The lowest BCUT2D eigenvalue weighted by molar-refractivity contribution is -0.120. The summed E-state index contributed by atoms with van der Waals surface area (Å²) in [7, 11) is -3.43. The first-order valence-corrected chi connectivity index (χ1v) is 10.2. The quantitative estimate of drug-likeness (QED) is 0.826. The molecule has 134 valence electrons. The number of benzene rings is 2. The molecular weight excluding hydrogens is 334 g/mol. The van der Waals surface area contributed by atoms with Gasteiger partial charge in [0.25, 0.3) is 0 Å². The van der Waals surface area contributed by atoms with Crippen LogP contribution in [0.3, 0.4) is 0 Å². The average molecular weight is 359 g/mol. The summed E-state index contributed by atoms with van der Waals surface area (Å²) in [5, 5.41) is 2.94. The van der Waals surface area contributed by atoms with Crippen LogP contribution in [-0.2, 0) is 20.2 Å². The molecule has 0 atom stereocenters. The van der Waals surface area contributed by atoms with Gasteiger partial charge in [-0.1, -0.05) is 74.5 Å². The molecule has 0 radical (unpaired) electrons. The molecule has 2 aromatic carbocycles. The Hall–Kier alpha value is -2.14. The summed E-state index contributed by atoms with van der Waals surface area (Å²) in [5.41, 5.74) is 0.999. The Kier molecular flexibility index (Phi) is 6.01. The molecule has 0 aromatic heterocycles. The van der Waals surface area contributed by atoms with Gasteiger partial charge in [-0.05, 0) is 24.0 Å². The minimum atomic E-state index is -3.43. The van der Waals surface area contributed by atoms with Gasteiger partial charge in [0.15, 0.2) is 9.84 Å². The van der Waals surface area contributed by atoms with E-state index in [2.05, 4.69) is 5.32 Å². The minimum absolute atomic E-state index is 0.00701. The number of hydrogen-bond acceptors (Lipinski definition) is 3. The van der Waals surface area contributed by atoms with Gasteiger partial charge in [0.2, 0.25) is 5.91 Å². The van der Waals surface area contributed by atoms with E-state index < -0.39 is 27.0 Å². The van der Waals surface area contributed by atoms with Crippen LogP contribution in [0.15, 0.2) is 60.7 Å². The lowest BCUT2D eigenvalue weighted by Gasteiger charge is -2.32. The standard InChI is InChI=1S/C20H25NO3S/c1-16(2)14-25(23,24)15-19(22)21-20(3,17-10-6-4-7-11-17)18-12-8-5-9-13-18/h4-13,16H,14-15H2,1-3H3,(H,21,22). The molecule has 2 aromatic rings. The molecule has 0 aliphatic heterocycles. The van der Waals surface area contributed by atoms with E-state index in [1.807, 2.05) is 81.4 Å². The molecule has 0 unspecified atom stereocenters. The van der Waals surface area contributed by atoms with Gasteiger partial charge >= 0.3 is 0 Å². The fraction of sp³-hybridized carbons (Fsp3) is 0.350. The molecule has 25 heavy (non-hydrogen) atoms. The SMILES string of the molecule is CC(C)CS(=O)(=O)CC(=O)NC(C)(c1ccccc1)c1ccccc1. The van der Waals surface area contributed by atoms with Crippen molar-refractivity contribution in [2.75, 3.05) is 11.5 Å².